The molecule has 0 saturated heterocycles. The molecule has 1 aliphatic heterocycles. The molecule has 4 heteroatoms. The van der Waals surface area contributed by atoms with Crippen LogP contribution >= 0.6 is 0 Å². The van der Waals surface area contributed by atoms with Gasteiger partial charge < -0.3 is 20.9 Å². The number of hydrogen-bond donors (Lipinski definition) is 2. The highest BCUT2D eigenvalue weighted by Gasteiger charge is 2.20. The Morgan fingerprint density at radius 3 is 2.94 bits per heavy atom. The molecular formula is C12H18N2O2. The van der Waals surface area contributed by atoms with E-state index in [0.29, 0.717) is 6.79 Å². The van der Waals surface area contributed by atoms with Gasteiger partial charge in [0.2, 0.25) is 6.79 Å². The maximum atomic E-state index is 6.13. The maximum absolute atomic E-state index is 6.13. The SMILES string of the molecule is NCCCC[C@H](N)c1cccc2c1OCO2. The summed E-state index contributed by atoms with van der Waals surface area (Å²) in [6, 6.07) is 5.85. The first-order valence-electron chi connectivity index (χ1n) is 5.67. The van der Waals surface area contributed by atoms with Crippen LogP contribution in [0.1, 0.15) is 30.9 Å². The van der Waals surface area contributed by atoms with Crippen LogP contribution in [0.25, 0.3) is 0 Å². The third-order valence-electron chi connectivity index (χ3n) is 2.80. The van der Waals surface area contributed by atoms with Gasteiger partial charge in [-0.05, 0) is 25.5 Å². The van der Waals surface area contributed by atoms with E-state index in [1.807, 2.05) is 18.2 Å². The Morgan fingerprint density at radius 1 is 1.25 bits per heavy atom. The molecule has 0 bridgehead atoms. The van der Waals surface area contributed by atoms with Crippen molar-refractivity contribution in [2.45, 2.75) is 25.3 Å². The summed E-state index contributed by atoms with van der Waals surface area (Å²) in [5, 5.41) is 0. The quantitative estimate of drug-likeness (QED) is 0.741. The topological polar surface area (TPSA) is 70.5 Å². The molecule has 0 saturated carbocycles. The average Bonchev–Trinajstić information content (AvgIpc) is 2.76. The third-order valence-corrected chi connectivity index (χ3v) is 2.80. The first kappa shape index (κ1) is 11.2. The van der Waals surface area contributed by atoms with Crippen LogP contribution in [-0.4, -0.2) is 13.3 Å². The molecule has 0 amide bonds. The lowest BCUT2D eigenvalue weighted by Crippen LogP contribution is -2.12. The fourth-order valence-electron chi connectivity index (χ4n) is 1.91. The van der Waals surface area contributed by atoms with E-state index in [0.717, 1.165) is 42.9 Å². The smallest absolute Gasteiger partial charge is 0.231 e. The van der Waals surface area contributed by atoms with Gasteiger partial charge in [0, 0.05) is 11.6 Å². The molecule has 16 heavy (non-hydrogen) atoms. The molecule has 1 atom stereocenters. The summed E-state index contributed by atoms with van der Waals surface area (Å²) in [4.78, 5) is 0. The number of rotatable bonds is 5. The minimum absolute atomic E-state index is 0.00296. The predicted octanol–water partition coefficient (Wildman–Crippen LogP) is 1.54. The highest BCUT2D eigenvalue weighted by atomic mass is 16.7. The van der Waals surface area contributed by atoms with Crippen molar-refractivity contribution in [3.63, 3.8) is 0 Å². The zero-order chi connectivity index (χ0) is 11.4. The highest BCUT2D eigenvalue weighted by Crippen LogP contribution is 2.38. The number of nitrogens with two attached hydrogens (primary N) is 2. The second-order valence-electron chi connectivity index (χ2n) is 3.97. The van der Waals surface area contributed by atoms with Gasteiger partial charge in [0.15, 0.2) is 11.5 Å². The van der Waals surface area contributed by atoms with Gasteiger partial charge in [0.25, 0.3) is 0 Å². The summed E-state index contributed by atoms with van der Waals surface area (Å²) in [6.45, 7) is 1.01. The van der Waals surface area contributed by atoms with Crippen molar-refractivity contribution in [1.82, 2.24) is 0 Å². The normalized spacial score (nSPS) is 15.1. The maximum Gasteiger partial charge on any atom is 0.231 e. The van der Waals surface area contributed by atoms with Crippen molar-refractivity contribution in [2.24, 2.45) is 11.5 Å². The van der Waals surface area contributed by atoms with Gasteiger partial charge in [-0.3, -0.25) is 0 Å². The largest absolute Gasteiger partial charge is 0.454 e. The van der Waals surface area contributed by atoms with Crippen LogP contribution in [0.2, 0.25) is 0 Å². The van der Waals surface area contributed by atoms with E-state index in [-0.39, 0.29) is 6.04 Å². The lowest BCUT2D eigenvalue weighted by atomic mass is 10.0. The van der Waals surface area contributed by atoms with Crippen molar-refractivity contribution in [3.05, 3.63) is 23.8 Å². The zero-order valence-electron chi connectivity index (χ0n) is 9.32. The molecule has 1 aromatic carbocycles. The van der Waals surface area contributed by atoms with Gasteiger partial charge in [-0.25, -0.2) is 0 Å². The molecule has 88 valence electrons. The number of fused-ring (bicyclic) bond motifs is 1. The first-order valence-corrected chi connectivity index (χ1v) is 5.67. The van der Waals surface area contributed by atoms with Crippen molar-refractivity contribution >= 4 is 0 Å². The fraction of sp³-hybridized carbons (Fsp3) is 0.500. The predicted molar refractivity (Wildman–Crippen MR) is 62.4 cm³/mol. The van der Waals surface area contributed by atoms with E-state index in [1.165, 1.54) is 0 Å². The summed E-state index contributed by atoms with van der Waals surface area (Å²) in [5.41, 5.74) is 12.6. The van der Waals surface area contributed by atoms with E-state index < -0.39 is 0 Å². The minimum atomic E-state index is 0.00296. The molecule has 0 spiro atoms. The van der Waals surface area contributed by atoms with Crippen LogP contribution in [0.4, 0.5) is 0 Å². The Balaban J connectivity index is 2.05. The molecule has 1 aliphatic rings. The van der Waals surface area contributed by atoms with Crippen molar-refractivity contribution in [3.8, 4) is 11.5 Å². The van der Waals surface area contributed by atoms with E-state index in [4.69, 9.17) is 20.9 Å². The van der Waals surface area contributed by atoms with Gasteiger partial charge in [-0.2, -0.15) is 0 Å². The van der Waals surface area contributed by atoms with Gasteiger partial charge >= 0.3 is 0 Å². The minimum Gasteiger partial charge on any atom is -0.454 e. The lowest BCUT2D eigenvalue weighted by molar-refractivity contribution is 0.173. The standard InChI is InChI=1S/C12H18N2O2/c13-7-2-1-5-10(14)9-4-3-6-11-12(9)16-8-15-11/h3-4,6,10H,1-2,5,7-8,13-14H2/t10-/m0/s1. The molecule has 2 rings (SSSR count). The molecule has 0 fully saturated rings. The van der Waals surface area contributed by atoms with Gasteiger partial charge in [-0.15, -0.1) is 0 Å². The van der Waals surface area contributed by atoms with Crippen molar-refractivity contribution in [1.29, 1.82) is 0 Å². The number of unbranched alkanes of at least 4 members (excludes halogenated alkanes) is 1. The Morgan fingerprint density at radius 2 is 2.12 bits per heavy atom. The van der Waals surface area contributed by atoms with Crippen LogP contribution in [0.15, 0.2) is 18.2 Å². The van der Waals surface area contributed by atoms with E-state index in [1.54, 1.807) is 0 Å². The summed E-state index contributed by atoms with van der Waals surface area (Å²) in [6.07, 6.45) is 2.99. The lowest BCUT2D eigenvalue weighted by Gasteiger charge is -2.13. The second-order valence-corrected chi connectivity index (χ2v) is 3.97. The van der Waals surface area contributed by atoms with Crippen LogP contribution < -0.4 is 20.9 Å². The van der Waals surface area contributed by atoms with E-state index in [9.17, 15) is 0 Å². The van der Waals surface area contributed by atoms with Crippen molar-refractivity contribution in [2.75, 3.05) is 13.3 Å². The number of benzene rings is 1. The van der Waals surface area contributed by atoms with E-state index in [2.05, 4.69) is 0 Å². The highest BCUT2D eigenvalue weighted by molar-refractivity contribution is 5.49. The Hall–Kier alpha value is -1.26. The molecule has 0 aliphatic carbocycles. The molecule has 4 N–H and O–H groups in total. The number of hydrogen-bond acceptors (Lipinski definition) is 4. The fourth-order valence-corrected chi connectivity index (χ4v) is 1.91. The molecule has 1 aromatic rings. The summed E-state index contributed by atoms with van der Waals surface area (Å²) in [7, 11) is 0. The Bertz CT molecular complexity index is 355. The molecule has 4 nitrogen and oxygen atoms in total. The van der Waals surface area contributed by atoms with Crippen LogP contribution in [0, 0.1) is 0 Å². The summed E-state index contributed by atoms with van der Waals surface area (Å²) >= 11 is 0. The molecular weight excluding hydrogens is 204 g/mol. The number of ether oxygens (including phenoxy) is 2. The molecule has 1 heterocycles. The first-order chi connectivity index (χ1) is 7.83. The second kappa shape index (κ2) is 5.18. The number of para-hydroxylation sites is 1. The third kappa shape index (κ3) is 2.28. The van der Waals surface area contributed by atoms with Gasteiger partial charge in [-0.1, -0.05) is 18.6 Å². The Kier molecular flexibility index (Phi) is 3.64. The average molecular weight is 222 g/mol. The van der Waals surface area contributed by atoms with Crippen LogP contribution in [0.3, 0.4) is 0 Å². The summed E-state index contributed by atoms with van der Waals surface area (Å²) < 4.78 is 10.7. The van der Waals surface area contributed by atoms with Crippen molar-refractivity contribution < 1.29 is 9.47 Å². The zero-order valence-corrected chi connectivity index (χ0v) is 9.32. The van der Waals surface area contributed by atoms with Gasteiger partial charge in [0.1, 0.15) is 0 Å². The Labute approximate surface area is 95.5 Å². The van der Waals surface area contributed by atoms with Crippen LogP contribution in [-0.2, 0) is 0 Å². The van der Waals surface area contributed by atoms with Crippen LogP contribution in [0.5, 0.6) is 11.5 Å². The monoisotopic (exact) mass is 222 g/mol. The summed E-state index contributed by atoms with van der Waals surface area (Å²) in [5.74, 6) is 1.61. The van der Waals surface area contributed by atoms with Gasteiger partial charge in [0.05, 0.1) is 0 Å². The molecule has 0 radical (unpaired) electrons. The molecule has 0 aromatic heterocycles. The van der Waals surface area contributed by atoms with E-state index >= 15 is 0 Å². The molecule has 0 unspecified atom stereocenters.